The predicted octanol–water partition coefficient (Wildman–Crippen LogP) is 11.4. The summed E-state index contributed by atoms with van der Waals surface area (Å²) in [6.07, 6.45) is 0. The van der Waals surface area contributed by atoms with Gasteiger partial charge in [-0.1, -0.05) is 127 Å². The molecule has 0 aliphatic rings. The lowest BCUT2D eigenvalue weighted by Crippen LogP contribution is -1.96. The SMILES string of the molecule is c1ccc(-c2cc(-c3ccccc3)nc(-c3ccc(-c4ccc5c(ccc6ccccc65)c4)c4oc5ccccc5c34)n2)cc1. The van der Waals surface area contributed by atoms with Crippen molar-refractivity contribution in [1.82, 2.24) is 9.97 Å². The standard InChI is InChI=1S/C42H26N2O/c1-3-12-28(13-4-1)37-26-38(29-14-5-2-6-15-29)44-42(43-37)36-24-23-34(41-40(36)35-17-9-10-18-39(35)45-41)31-21-22-33-30(25-31)20-19-27-11-7-8-16-32(27)33/h1-26H. The molecule has 7 aromatic carbocycles. The Morgan fingerprint density at radius 2 is 1.00 bits per heavy atom. The van der Waals surface area contributed by atoms with Gasteiger partial charge >= 0.3 is 0 Å². The van der Waals surface area contributed by atoms with Gasteiger partial charge in [-0.25, -0.2) is 9.97 Å². The van der Waals surface area contributed by atoms with Crippen LogP contribution in [0.3, 0.4) is 0 Å². The van der Waals surface area contributed by atoms with Crippen molar-refractivity contribution in [2.45, 2.75) is 0 Å². The minimum Gasteiger partial charge on any atom is -0.455 e. The van der Waals surface area contributed by atoms with Crippen LogP contribution in [-0.4, -0.2) is 9.97 Å². The number of fused-ring (bicyclic) bond motifs is 6. The third-order valence-corrected chi connectivity index (χ3v) is 8.69. The minimum absolute atomic E-state index is 0.670. The Morgan fingerprint density at radius 3 is 1.76 bits per heavy atom. The Morgan fingerprint density at radius 1 is 0.400 bits per heavy atom. The second kappa shape index (κ2) is 10.3. The highest BCUT2D eigenvalue weighted by Gasteiger charge is 2.20. The van der Waals surface area contributed by atoms with E-state index in [0.717, 1.165) is 61.1 Å². The molecule has 45 heavy (non-hydrogen) atoms. The van der Waals surface area contributed by atoms with Gasteiger partial charge in [0.15, 0.2) is 5.82 Å². The second-order valence-corrected chi connectivity index (χ2v) is 11.4. The van der Waals surface area contributed by atoms with Crippen LogP contribution in [0.4, 0.5) is 0 Å². The zero-order valence-corrected chi connectivity index (χ0v) is 24.3. The fourth-order valence-corrected chi connectivity index (χ4v) is 6.50. The smallest absolute Gasteiger partial charge is 0.161 e. The lowest BCUT2D eigenvalue weighted by Gasteiger charge is -2.12. The third kappa shape index (κ3) is 4.29. The van der Waals surface area contributed by atoms with E-state index in [4.69, 9.17) is 14.4 Å². The summed E-state index contributed by atoms with van der Waals surface area (Å²) < 4.78 is 6.66. The largest absolute Gasteiger partial charge is 0.455 e. The van der Waals surface area contributed by atoms with Gasteiger partial charge in [-0.2, -0.15) is 0 Å². The minimum atomic E-state index is 0.670. The van der Waals surface area contributed by atoms with Crippen molar-refractivity contribution in [3.05, 3.63) is 158 Å². The normalized spacial score (nSPS) is 11.6. The molecule has 0 atom stereocenters. The maximum absolute atomic E-state index is 6.66. The Kier molecular flexibility index (Phi) is 5.82. The van der Waals surface area contributed by atoms with Crippen molar-refractivity contribution in [3.8, 4) is 45.0 Å². The van der Waals surface area contributed by atoms with Crippen LogP contribution >= 0.6 is 0 Å². The molecule has 0 amide bonds. The van der Waals surface area contributed by atoms with Crippen LogP contribution in [0.15, 0.2) is 162 Å². The second-order valence-electron chi connectivity index (χ2n) is 11.4. The molecule has 0 bridgehead atoms. The van der Waals surface area contributed by atoms with Crippen LogP contribution in [0, 0.1) is 0 Å². The van der Waals surface area contributed by atoms with Crippen molar-refractivity contribution in [1.29, 1.82) is 0 Å². The highest BCUT2D eigenvalue weighted by atomic mass is 16.3. The highest BCUT2D eigenvalue weighted by molar-refractivity contribution is 6.16. The Hall–Kier alpha value is -6.06. The van der Waals surface area contributed by atoms with Crippen LogP contribution in [-0.2, 0) is 0 Å². The zero-order valence-electron chi connectivity index (χ0n) is 24.3. The third-order valence-electron chi connectivity index (χ3n) is 8.69. The summed E-state index contributed by atoms with van der Waals surface area (Å²) in [4.78, 5) is 10.3. The van der Waals surface area contributed by atoms with Gasteiger partial charge in [0.05, 0.1) is 11.4 Å². The summed E-state index contributed by atoms with van der Waals surface area (Å²) in [7, 11) is 0. The van der Waals surface area contributed by atoms with Gasteiger partial charge in [0.2, 0.25) is 0 Å². The van der Waals surface area contributed by atoms with Gasteiger partial charge in [-0.3, -0.25) is 0 Å². The molecule has 0 radical (unpaired) electrons. The van der Waals surface area contributed by atoms with Crippen molar-refractivity contribution in [2.75, 3.05) is 0 Å². The monoisotopic (exact) mass is 574 g/mol. The molecule has 2 aromatic heterocycles. The van der Waals surface area contributed by atoms with Crippen LogP contribution in [0.2, 0.25) is 0 Å². The number of hydrogen-bond donors (Lipinski definition) is 0. The maximum atomic E-state index is 6.66. The summed E-state index contributed by atoms with van der Waals surface area (Å²) in [5.74, 6) is 0.670. The quantitative estimate of drug-likeness (QED) is 0.196. The van der Waals surface area contributed by atoms with E-state index in [1.165, 1.54) is 21.5 Å². The molecule has 2 heterocycles. The van der Waals surface area contributed by atoms with Gasteiger partial charge < -0.3 is 4.42 Å². The fraction of sp³-hybridized carbons (Fsp3) is 0. The molecular weight excluding hydrogens is 548 g/mol. The van der Waals surface area contributed by atoms with E-state index >= 15 is 0 Å². The molecule has 0 unspecified atom stereocenters. The summed E-state index contributed by atoms with van der Waals surface area (Å²) in [6, 6.07) is 54.9. The molecule has 0 saturated heterocycles. The average molecular weight is 575 g/mol. The molecule has 0 aliphatic carbocycles. The topological polar surface area (TPSA) is 38.9 Å². The molecular formula is C42H26N2O. The first kappa shape index (κ1) is 25.4. The molecule has 0 spiro atoms. The van der Waals surface area contributed by atoms with Crippen molar-refractivity contribution >= 4 is 43.5 Å². The molecule has 0 saturated carbocycles. The van der Waals surface area contributed by atoms with E-state index in [0.29, 0.717) is 5.82 Å². The van der Waals surface area contributed by atoms with E-state index in [2.05, 4.69) is 109 Å². The van der Waals surface area contributed by atoms with Gasteiger partial charge in [-0.15, -0.1) is 0 Å². The number of benzene rings is 7. The molecule has 9 aromatic rings. The van der Waals surface area contributed by atoms with Crippen LogP contribution < -0.4 is 0 Å². The van der Waals surface area contributed by atoms with Crippen molar-refractivity contribution in [3.63, 3.8) is 0 Å². The van der Waals surface area contributed by atoms with E-state index in [9.17, 15) is 0 Å². The lowest BCUT2D eigenvalue weighted by atomic mass is 9.94. The number of para-hydroxylation sites is 1. The van der Waals surface area contributed by atoms with Gasteiger partial charge in [0.25, 0.3) is 0 Å². The van der Waals surface area contributed by atoms with E-state index in [-0.39, 0.29) is 0 Å². The first-order valence-electron chi connectivity index (χ1n) is 15.2. The Labute approximate surface area is 260 Å². The molecule has 3 nitrogen and oxygen atoms in total. The maximum Gasteiger partial charge on any atom is 0.161 e. The molecule has 0 aliphatic heterocycles. The Balaban J connectivity index is 1.29. The molecule has 0 N–H and O–H groups in total. The number of rotatable bonds is 4. The number of nitrogens with zero attached hydrogens (tertiary/aromatic N) is 2. The number of hydrogen-bond acceptors (Lipinski definition) is 3. The van der Waals surface area contributed by atoms with Crippen molar-refractivity contribution in [2.24, 2.45) is 0 Å². The lowest BCUT2D eigenvalue weighted by molar-refractivity contribution is 0.670. The van der Waals surface area contributed by atoms with E-state index < -0.39 is 0 Å². The van der Waals surface area contributed by atoms with Gasteiger partial charge in [0, 0.05) is 33.0 Å². The fourth-order valence-electron chi connectivity index (χ4n) is 6.50. The van der Waals surface area contributed by atoms with E-state index in [1.807, 2.05) is 48.5 Å². The van der Waals surface area contributed by atoms with Crippen LogP contribution in [0.1, 0.15) is 0 Å². The van der Waals surface area contributed by atoms with Gasteiger partial charge in [0.1, 0.15) is 11.2 Å². The Bertz CT molecular complexity index is 2470. The first-order valence-corrected chi connectivity index (χ1v) is 15.2. The first-order chi connectivity index (χ1) is 22.3. The zero-order chi connectivity index (χ0) is 29.7. The molecule has 9 rings (SSSR count). The predicted molar refractivity (Wildman–Crippen MR) is 186 cm³/mol. The summed E-state index contributed by atoms with van der Waals surface area (Å²) in [6.45, 7) is 0. The average Bonchev–Trinajstić information content (AvgIpc) is 3.51. The van der Waals surface area contributed by atoms with Gasteiger partial charge in [-0.05, 0) is 57.4 Å². The van der Waals surface area contributed by atoms with Crippen LogP contribution in [0.25, 0.3) is 88.5 Å². The highest BCUT2D eigenvalue weighted by Crippen LogP contribution is 2.42. The summed E-state index contributed by atoms with van der Waals surface area (Å²) >= 11 is 0. The molecule has 3 heteroatoms. The number of aromatic nitrogens is 2. The molecule has 0 fully saturated rings. The van der Waals surface area contributed by atoms with Crippen molar-refractivity contribution < 1.29 is 4.42 Å². The summed E-state index contributed by atoms with van der Waals surface area (Å²) in [5.41, 5.74) is 8.64. The van der Waals surface area contributed by atoms with E-state index in [1.54, 1.807) is 0 Å². The molecule has 210 valence electrons. The summed E-state index contributed by atoms with van der Waals surface area (Å²) in [5, 5.41) is 7.02. The number of furan rings is 1. The van der Waals surface area contributed by atoms with Crippen LogP contribution in [0.5, 0.6) is 0 Å².